The van der Waals surface area contributed by atoms with E-state index in [0.29, 0.717) is 6.54 Å². The summed E-state index contributed by atoms with van der Waals surface area (Å²) in [6.07, 6.45) is 2.13. The van der Waals surface area contributed by atoms with E-state index < -0.39 is 10.0 Å². The van der Waals surface area contributed by atoms with Gasteiger partial charge in [-0.25, -0.2) is 18.1 Å². The normalized spacial score (nSPS) is 19.1. The number of aromatic nitrogens is 1. The summed E-state index contributed by atoms with van der Waals surface area (Å²) < 4.78 is 33.0. The Morgan fingerprint density at radius 2 is 1.84 bits per heavy atom. The molecule has 8 nitrogen and oxygen atoms in total. The lowest BCUT2D eigenvalue weighted by molar-refractivity contribution is -0.121. The van der Waals surface area contributed by atoms with E-state index in [0.717, 1.165) is 35.6 Å². The highest BCUT2D eigenvalue weighted by molar-refractivity contribution is 7.89. The molecular formula is C23H32N4O4S. The zero-order valence-corrected chi connectivity index (χ0v) is 19.9. The van der Waals surface area contributed by atoms with Crippen molar-refractivity contribution in [1.82, 2.24) is 15.0 Å². The molecule has 2 heterocycles. The Bertz CT molecular complexity index is 1030. The molecule has 1 saturated heterocycles. The average Bonchev–Trinajstić information content (AvgIpc) is 2.73. The van der Waals surface area contributed by atoms with Crippen molar-refractivity contribution in [3.8, 4) is 0 Å². The van der Waals surface area contributed by atoms with Gasteiger partial charge in [0.15, 0.2) is 0 Å². The van der Waals surface area contributed by atoms with E-state index in [9.17, 15) is 13.2 Å². The van der Waals surface area contributed by atoms with Gasteiger partial charge in [-0.2, -0.15) is 0 Å². The van der Waals surface area contributed by atoms with E-state index >= 15 is 0 Å². The Morgan fingerprint density at radius 3 is 2.47 bits per heavy atom. The average molecular weight is 461 g/mol. The SMILES string of the molecule is Cc1ccc(S(=O)(=O)NCCC(=O)NCc2ccc(N3CC(C)OC(C)C3)nc2)cc1C. The molecule has 0 spiro atoms. The first kappa shape index (κ1) is 24.2. The van der Waals surface area contributed by atoms with Crippen LogP contribution in [0.25, 0.3) is 0 Å². The van der Waals surface area contributed by atoms with Gasteiger partial charge < -0.3 is 15.0 Å². The topological polar surface area (TPSA) is 101 Å². The van der Waals surface area contributed by atoms with Gasteiger partial charge in [-0.15, -0.1) is 0 Å². The molecule has 32 heavy (non-hydrogen) atoms. The van der Waals surface area contributed by atoms with Crippen LogP contribution in [0.1, 0.15) is 37.0 Å². The van der Waals surface area contributed by atoms with Crippen LogP contribution >= 0.6 is 0 Å². The van der Waals surface area contributed by atoms with Gasteiger partial charge in [0.25, 0.3) is 0 Å². The maximum absolute atomic E-state index is 12.4. The van der Waals surface area contributed by atoms with Crippen LogP contribution in [0.2, 0.25) is 0 Å². The number of rotatable bonds is 8. The Balaban J connectivity index is 1.44. The minimum atomic E-state index is -3.64. The number of anilines is 1. The number of sulfonamides is 1. The number of pyridine rings is 1. The maximum Gasteiger partial charge on any atom is 0.240 e. The van der Waals surface area contributed by atoms with Crippen LogP contribution in [0.3, 0.4) is 0 Å². The molecule has 0 bridgehead atoms. The molecule has 1 aliphatic heterocycles. The fourth-order valence-electron chi connectivity index (χ4n) is 3.63. The van der Waals surface area contributed by atoms with Crippen LogP contribution < -0.4 is 14.9 Å². The third-order valence-electron chi connectivity index (χ3n) is 5.48. The van der Waals surface area contributed by atoms with E-state index in [1.807, 2.05) is 26.0 Å². The first-order valence-corrected chi connectivity index (χ1v) is 12.3. The summed E-state index contributed by atoms with van der Waals surface area (Å²) in [5.41, 5.74) is 2.81. The highest BCUT2D eigenvalue weighted by Crippen LogP contribution is 2.18. The van der Waals surface area contributed by atoms with Gasteiger partial charge in [-0.05, 0) is 62.6 Å². The van der Waals surface area contributed by atoms with Crippen molar-refractivity contribution in [3.05, 3.63) is 53.2 Å². The number of hydrogen-bond donors (Lipinski definition) is 2. The Hall–Kier alpha value is -2.49. The van der Waals surface area contributed by atoms with Crippen LogP contribution in [0.15, 0.2) is 41.4 Å². The lowest BCUT2D eigenvalue weighted by Gasteiger charge is -2.36. The van der Waals surface area contributed by atoms with Gasteiger partial charge >= 0.3 is 0 Å². The monoisotopic (exact) mass is 460 g/mol. The van der Waals surface area contributed by atoms with Gasteiger partial charge in [0.05, 0.1) is 17.1 Å². The molecule has 0 saturated carbocycles. The minimum absolute atomic E-state index is 0.0334. The summed E-state index contributed by atoms with van der Waals surface area (Å²) in [5.74, 6) is 0.663. The molecule has 2 unspecified atom stereocenters. The largest absolute Gasteiger partial charge is 0.372 e. The zero-order valence-electron chi connectivity index (χ0n) is 19.1. The summed E-state index contributed by atoms with van der Waals surface area (Å²) in [6, 6.07) is 8.86. The highest BCUT2D eigenvalue weighted by atomic mass is 32.2. The fourth-order valence-corrected chi connectivity index (χ4v) is 4.74. The second kappa shape index (κ2) is 10.4. The lowest BCUT2D eigenvalue weighted by atomic mass is 10.1. The summed E-state index contributed by atoms with van der Waals surface area (Å²) in [5, 5.41) is 2.81. The van der Waals surface area contributed by atoms with Crippen molar-refractivity contribution < 1.29 is 17.9 Å². The van der Waals surface area contributed by atoms with Crippen LogP contribution in [-0.2, 0) is 26.1 Å². The van der Waals surface area contributed by atoms with E-state index in [1.165, 1.54) is 0 Å². The molecule has 1 amide bonds. The fraction of sp³-hybridized carbons (Fsp3) is 0.478. The number of nitrogens with zero attached hydrogens (tertiary/aromatic N) is 2. The third kappa shape index (κ3) is 6.51. The third-order valence-corrected chi connectivity index (χ3v) is 6.93. The highest BCUT2D eigenvalue weighted by Gasteiger charge is 2.23. The molecule has 2 aromatic rings. The standard InChI is InChI=1S/C23H32N4O4S/c1-16-5-7-21(11-17(16)2)32(29,30)26-10-9-23(28)25-13-20-6-8-22(24-12-20)27-14-18(3)31-19(4)15-27/h5-8,11-12,18-19,26H,9-10,13-15H2,1-4H3,(H,25,28). The number of ether oxygens (including phenoxy) is 1. The number of carbonyl (C=O) groups is 1. The van der Waals surface area contributed by atoms with Crippen molar-refractivity contribution in [2.75, 3.05) is 24.5 Å². The van der Waals surface area contributed by atoms with Crippen molar-refractivity contribution >= 4 is 21.7 Å². The predicted molar refractivity (Wildman–Crippen MR) is 124 cm³/mol. The number of carbonyl (C=O) groups excluding carboxylic acids is 1. The van der Waals surface area contributed by atoms with Crippen LogP contribution in [0.5, 0.6) is 0 Å². The number of nitrogens with one attached hydrogen (secondary N) is 2. The molecule has 174 valence electrons. The molecule has 1 fully saturated rings. The van der Waals surface area contributed by atoms with Crippen molar-refractivity contribution in [2.45, 2.75) is 57.8 Å². The summed E-state index contributed by atoms with van der Waals surface area (Å²) in [7, 11) is -3.64. The zero-order chi connectivity index (χ0) is 23.3. The molecule has 9 heteroatoms. The van der Waals surface area contributed by atoms with Crippen molar-refractivity contribution in [1.29, 1.82) is 0 Å². The predicted octanol–water partition coefficient (Wildman–Crippen LogP) is 2.30. The van der Waals surface area contributed by atoms with Crippen LogP contribution in [0, 0.1) is 13.8 Å². The Morgan fingerprint density at radius 1 is 1.12 bits per heavy atom. The number of benzene rings is 1. The number of amides is 1. The quantitative estimate of drug-likeness (QED) is 0.627. The maximum atomic E-state index is 12.4. The molecule has 0 aliphatic carbocycles. The summed E-state index contributed by atoms with van der Waals surface area (Å²) in [4.78, 5) is 19.1. The molecular weight excluding hydrogens is 428 g/mol. The van der Waals surface area contributed by atoms with E-state index in [2.05, 4.69) is 33.8 Å². The van der Waals surface area contributed by atoms with Crippen molar-refractivity contribution in [2.24, 2.45) is 0 Å². The first-order chi connectivity index (χ1) is 15.1. The van der Waals surface area contributed by atoms with Crippen molar-refractivity contribution in [3.63, 3.8) is 0 Å². The van der Waals surface area contributed by atoms with E-state index in [1.54, 1.807) is 24.4 Å². The van der Waals surface area contributed by atoms with Gasteiger partial charge in [-0.1, -0.05) is 12.1 Å². The van der Waals surface area contributed by atoms with Crippen LogP contribution in [-0.4, -0.2) is 51.2 Å². The molecule has 1 aromatic carbocycles. The summed E-state index contributed by atoms with van der Waals surface area (Å²) in [6.45, 7) is 9.86. The number of hydrogen-bond acceptors (Lipinski definition) is 6. The minimum Gasteiger partial charge on any atom is -0.372 e. The van der Waals surface area contributed by atoms with E-state index in [-0.39, 0.29) is 36.0 Å². The Kier molecular flexibility index (Phi) is 7.86. The number of morpholine rings is 1. The molecule has 2 atom stereocenters. The molecule has 3 rings (SSSR count). The molecule has 1 aromatic heterocycles. The smallest absolute Gasteiger partial charge is 0.240 e. The first-order valence-electron chi connectivity index (χ1n) is 10.8. The summed E-state index contributed by atoms with van der Waals surface area (Å²) >= 11 is 0. The lowest BCUT2D eigenvalue weighted by Crippen LogP contribution is -2.45. The van der Waals surface area contributed by atoms with Gasteiger partial charge in [0.1, 0.15) is 5.82 Å². The molecule has 0 radical (unpaired) electrons. The van der Waals surface area contributed by atoms with Gasteiger partial charge in [0, 0.05) is 38.8 Å². The Labute approximate surface area is 190 Å². The van der Waals surface area contributed by atoms with Gasteiger partial charge in [0.2, 0.25) is 15.9 Å². The second-order valence-corrected chi connectivity index (χ2v) is 10.1. The molecule has 2 N–H and O–H groups in total. The second-order valence-electron chi connectivity index (χ2n) is 8.36. The van der Waals surface area contributed by atoms with Crippen LogP contribution in [0.4, 0.5) is 5.82 Å². The molecule has 1 aliphatic rings. The van der Waals surface area contributed by atoms with Gasteiger partial charge in [-0.3, -0.25) is 4.79 Å². The van der Waals surface area contributed by atoms with E-state index in [4.69, 9.17) is 4.74 Å². The number of aryl methyl sites for hydroxylation is 2.